The number of nitrogens with two attached hydrogens (primary N) is 1. The van der Waals surface area contributed by atoms with Crippen LogP contribution >= 0.6 is 11.3 Å². The lowest BCUT2D eigenvalue weighted by atomic mass is 10.3. The Labute approximate surface area is 115 Å². The number of rotatable bonds is 3. The van der Waals surface area contributed by atoms with Gasteiger partial charge < -0.3 is 10.3 Å². The van der Waals surface area contributed by atoms with Gasteiger partial charge in [-0.1, -0.05) is 6.07 Å². The summed E-state index contributed by atoms with van der Waals surface area (Å²) in [6.45, 7) is 0.921. The molecule has 2 aromatic heterocycles. The van der Waals surface area contributed by atoms with Gasteiger partial charge in [-0.3, -0.25) is 0 Å². The van der Waals surface area contributed by atoms with Crippen molar-refractivity contribution in [3.63, 3.8) is 0 Å². The van der Waals surface area contributed by atoms with Crippen LogP contribution in [0, 0.1) is 0 Å². The molecular weight excluding hydrogens is 254 g/mol. The van der Waals surface area contributed by atoms with Gasteiger partial charge in [0.2, 0.25) is 0 Å². The molecule has 0 saturated heterocycles. The molecule has 0 aliphatic heterocycles. The van der Waals surface area contributed by atoms with Crippen LogP contribution in [-0.2, 0) is 6.54 Å². The number of anilines is 1. The van der Waals surface area contributed by atoms with Crippen molar-refractivity contribution >= 4 is 28.1 Å². The van der Waals surface area contributed by atoms with E-state index in [1.165, 1.54) is 29.1 Å². The van der Waals surface area contributed by atoms with Gasteiger partial charge in [-0.15, -0.1) is 11.3 Å². The minimum Gasteiger partial charge on any atom is -0.399 e. The Morgan fingerprint density at radius 1 is 1.32 bits per heavy atom. The number of imidazole rings is 1. The van der Waals surface area contributed by atoms with E-state index in [0.717, 1.165) is 17.7 Å². The van der Waals surface area contributed by atoms with E-state index < -0.39 is 0 Å². The first-order chi connectivity index (χ1) is 9.31. The average Bonchev–Trinajstić information content (AvgIpc) is 3.00. The molecule has 1 fully saturated rings. The first-order valence-corrected chi connectivity index (χ1v) is 7.47. The third-order valence-electron chi connectivity index (χ3n) is 3.64. The third kappa shape index (κ3) is 1.92. The number of thiophene rings is 1. The van der Waals surface area contributed by atoms with Gasteiger partial charge in [-0.05, 0) is 42.5 Å². The lowest BCUT2D eigenvalue weighted by molar-refractivity contribution is 0.755. The van der Waals surface area contributed by atoms with Crippen LogP contribution in [-0.4, -0.2) is 9.55 Å². The van der Waals surface area contributed by atoms with Gasteiger partial charge in [0.15, 0.2) is 0 Å². The van der Waals surface area contributed by atoms with Crippen molar-refractivity contribution < 1.29 is 0 Å². The van der Waals surface area contributed by atoms with Gasteiger partial charge in [-0.25, -0.2) is 4.98 Å². The van der Waals surface area contributed by atoms with Gasteiger partial charge >= 0.3 is 0 Å². The highest BCUT2D eigenvalue weighted by atomic mass is 32.1. The summed E-state index contributed by atoms with van der Waals surface area (Å²) < 4.78 is 2.36. The standard InChI is InChI=1S/C15H15N3S/c16-11-5-6-14-13(8-11)17-15(10-3-4-10)18(14)9-12-2-1-7-19-12/h1-2,5-8,10H,3-4,9,16H2. The fourth-order valence-corrected chi connectivity index (χ4v) is 3.24. The van der Waals surface area contributed by atoms with E-state index in [4.69, 9.17) is 10.7 Å². The van der Waals surface area contributed by atoms with Crippen LogP contribution in [0.4, 0.5) is 5.69 Å². The molecule has 0 atom stereocenters. The molecule has 0 radical (unpaired) electrons. The van der Waals surface area contributed by atoms with E-state index in [1.54, 1.807) is 11.3 Å². The van der Waals surface area contributed by atoms with Crippen LogP contribution in [0.25, 0.3) is 11.0 Å². The summed E-state index contributed by atoms with van der Waals surface area (Å²) >= 11 is 1.80. The molecule has 1 aromatic carbocycles. The molecule has 1 aliphatic rings. The summed E-state index contributed by atoms with van der Waals surface area (Å²) in [6.07, 6.45) is 2.53. The largest absolute Gasteiger partial charge is 0.399 e. The summed E-state index contributed by atoms with van der Waals surface area (Å²) in [5, 5.41) is 2.13. The van der Waals surface area contributed by atoms with Crippen LogP contribution in [0.5, 0.6) is 0 Å². The Hall–Kier alpha value is -1.81. The van der Waals surface area contributed by atoms with E-state index >= 15 is 0 Å². The summed E-state index contributed by atoms with van der Waals surface area (Å²) in [5.74, 6) is 1.88. The molecule has 4 heteroatoms. The summed E-state index contributed by atoms with van der Waals surface area (Å²) in [5.41, 5.74) is 8.88. The number of hydrogen-bond donors (Lipinski definition) is 1. The second-order valence-corrected chi connectivity index (χ2v) is 6.19. The normalized spacial score (nSPS) is 15.2. The second kappa shape index (κ2) is 4.10. The third-order valence-corrected chi connectivity index (χ3v) is 4.50. The molecule has 96 valence electrons. The monoisotopic (exact) mass is 269 g/mol. The van der Waals surface area contributed by atoms with Gasteiger partial charge in [0.25, 0.3) is 0 Å². The number of hydrogen-bond acceptors (Lipinski definition) is 3. The summed E-state index contributed by atoms with van der Waals surface area (Å²) in [6, 6.07) is 10.3. The number of nitrogen functional groups attached to an aromatic ring is 1. The SMILES string of the molecule is Nc1ccc2c(c1)nc(C1CC1)n2Cc1cccs1. The summed E-state index contributed by atoms with van der Waals surface area (Å²) in [7, 11) is 0. The maximum absolute atomic E-state index is 5.86. The molecular formula is C15H15N3S. The number of fused-ring (bicyclic) bond motifs is 1. The predicted molar refractivity (Wildman–Crippen MR) is 79.5 cm³/mol. The first kappa shape index (κ1) is 11.1. The van der Waals surface area contributed by atoms with Gasteiger partial charge in [0.05, 0.1) is 17.6 Å². The van der Waals surface area contributed by atoms with Crippen LogP contribution in [0.3, 0.4) is 0 Å². The highest BCUT2D eigenvalue weighted by molar-refractivity contribution is 7.09. The zero-order valence-electron chi connectivity index (χ0n) is 10.5. The smallest absolute Gasteiger partial charge is 0.113 e. The molecule has 0 amide bonds. The van der Waals surface area contributed by atoms with E-state index in [-0.39, 0.29) is 0 Å². The van der Waals surface area contributed by atoms with E-state index in [1.807, 2.05) is 12.1 Å². The molecule has 0 spiro atoms. The predicted octanol–water partition coefficient (Wildman–Crippen LogP) is 3.61. The van der Waals surface area contributed by atoms with Crippen LogP contribution in [0.2, 0.25) is 0 Å². The van der Waals surface area contributed by atoms with Gasteiger partial charge in [0, 0.05) is 16.5 Å². The zero-order chi connectivity index (χ0) is 12.8. The highest BCUT2D eigenvalue weighted by Crippen LogP contribution is 2.41. The van der Waals surface area contributed by atoms with Crippen molar-refractivity contribution in [1.29, 1.82) is 0 Å². The fraction of sp³-hybridized carbons (Fsp3) is 0.267. The molecule has 2 heterocycles. The molecule has 4 rings (SSSR count). The molecule has 1 saturated carbocycles. The second-order valence-electron chi connectivity index (χ2n) is 5.16. The Bertz CT molecular complexity index is 723. The summed E-state index contributed by atoms with van der Waals surface area (Å²) in [4.78, 5) is 6.18. The molecule has 0 bridgehead atoms. The topological polar surface area (TPSA) is 43.8 Å². The van der Waals surface area contributed by atoms with Crippen molar-refractivity contribution in [1.82, 2.24) is 9.55 Å². The molecule has 0 unspecified atom stereocenters. The maximum Gasteiger partial charge on any atom is 0.113 e. The maximum atomic E-state index is 5.86. The van der Waals surface area contributed by atoms with Gasteiger partial charge in [-0.2, -0.15) is 0 Å². The van der Waals surface area contributed by atoms with Crippen molar-refractivity contribution in [2.24, 2.45) is 0 Å². The highest BCUT2D eigenvalue weighted by Gasteiger charge is 2.29. The molecule has 2 N–H and O–H groups in total. The Kier molecular flexibility index (Phi) is 2.38. The van der Waals surface area contributed by atoms with Crippen molar-refractivity contribution in [2.45, 2.75) is 25.3 Å². The number of nitrogens with zero attached hydrogens (tertiary/aromatic N) is 2. The zero-order valence-corrected chi connectivity index (χ0v) is 11.4. The Morgan fingerprint density at radius 3 is 2.95 bits per heavy atom. The lowest BCUT2D eigenvalue weighted by Crippen LogP contribution is -2.02. The Morgan fingerprint density at radius 2 is 2.21 bits per heavy atom. The van der Waals surface area contributed by atoms with E-state index in [0.29, 0.717) is 5.92 Å². The first-order valence-electron chi connectivity index (χ1n) is 6.59. The number of aromatic nitrogens is 2. The fourth-order valence-electron chi connectivity index (χ4n) is 2.54. The molecule has 19 heavy (non-hydrogen) atoms. The van der Waals surface area contributed by atoms with E-state index in [2.05, 4.69) is 28.1 Å². The van der Waals surface area contributed by atoms with Crippen molar-refractivity contribution in [2.75, 3.05) is 5.73 Å². The minimum absolute atomic E-state index is 0.647. The van der Waals surface area contributed by atoms with E-state index in [9.17, 15) is 0 Å². The van der Waals surface area contributed by atoms with Crippen LogP contribution < -0.4 is 5.73 Å². The van der Waals surface area contributed by atoms with Crippen molar-refractivity contribution in [3.05, 3.63) is 46.4 Å². The Balaban J connectivity index is 1.87. The molecule has 3 aromatic rings. The quantitative estimate of drug-likeness (QED) is 0.738. The van der Waals surface area contributed by atoms with Gasteiger partial charge in [0.1, 0.15) is 5.82 Å². The molecule has 1 aliphatic carbocycles. The number of benzene rings is 1. The lowest BCUT2D eigenvalue weighted by Gasteiger charge is -2.07. The minimum atomic E-state index is 0.647. The average molecular weight is 269 g/mol. The van der Waals surface area contributed by atoms with Crippen molar-refractivity contribution in [3.8, 4) is 0 Å². The van der Waals surface area contributed by atoms with Crippen LogP contribution in [0.15, 0.2) is 35.7 Å². The van der Waals surface area contributed by atoms with Crippen LogP contribution in [0.1, 0.15) is 29.5 Å². The molecule has 3 nitrogen and oxygen atoms in total.